The molecule has 0 unspecified atom stereocenters. The summed E-state index contributed by atoms with van der Waals surface area (Å²) in [5.74, 6) is 0. The largest absolute Gasteiger partial charge is 0.456 e. The molecule has 0 saturated heterocycles. The fourth-order valence-corrected chi connectivity index (χ4v) is 13.6. The third-order valence-electron chi connectivity index (χ3n) is 17.5. The predicted molar refractivity (Wildman–Crippen MR) is 355 cm³/mol. The fraction of sp³-hybridized carbons (Fsp3) is 0. The van der Waals surface area contributed by atoms with Crippen LogP contribution in [-0.4, -0.2) is 19.9 Å². The Kier molecular flexibility index (Phi) is 10.6. The molecule has 398 valence electrons. The van der Waals surface area contributed by atoms with E-state index in [0.717, 1.165) is 155 Å². The Balaban J connectivity index is 0.697. The van der Waals surface area contributed by atoms with E-state index in [1.54, 1.807) is 0 Å². The van der Waals surface area contributed by atoms with Gasteiger partial charge in [0.2, 0.25) is 0 Å². The van der Waals surface area contributed by atoms with Crippen molar-refractivity contribution in [2.45, 2.75) is 0 Å². The van der Waals surface area contributed by atoms with Crippen molar-refractivity contribution in [1.82, 2.24) is 19.9 Å². The van der Waals surface area contributed by atoms with Crippen molar-refractivity contribution in [2.24, 2.45) is 0 Å². The summed E-state index contributed by atoms with van der Waals surface area (Å²) in [4.78, 5) is 20.4. The van der Waals surface area contributed by atoms with Crippen LogP contribution in [0.5, 0.6) is 0 Å². The van der Waals surface area contributed by atoms with Crippen LogP contribution >= 0.6 is 0 Å². The summed E-state index contributed by atoms with van der Waals surface area (Å²) in [7, 11) is 0. The van der Waals surface area contributed by atoms with Crippen molar-refractivity contribution in [3.8, 4) is 78.7 Å². The second-order valence-electron chi connectivity index (χ2n) is 22.3. The number of rotatable bonds is 7. The standard InChI is InChI=1S/C80H46N4O2/c1-2-17-48-44-75-65(40-47(48)16-1)63-42-50(34-37-73(63)85-75)77-54-19-3-7-23-58(54)79(59-24-8-4-20-55(59)77)71-31-14-29-67(83-71)52-33-36-68(82-46-52)53-27-13-18-49-41-66-64-43-51(35-38-74(64)86-76(66)45-62(49)53)78-56-21-5-9-25-60(56)80(61-26-10-6-22-57(61)78)72-32-15-30-70(84-72)69-28-11-12-39-81-69/h1-46H. The van der Waals surface area contributed by atoms with Crippen LogP contribution in [-0.2, 0) is 0 Å². The van der Waals surface area contributed by atoms with Crippen molar-refractivity contribution in [2.75, 3.05) is 0 Å². The normalized spacial score (nSPS) is 12.0. The predicted octanol–water partition coefficient (Wildman–Crippen LogP) is 21.7. The van der Waals surface area contributed by atoms with Gasteiger partial charge in [-0.15, -0.1) is 0 Å². The van der Waals surface area contributed by atoms with Crippen LogP contribution in [0.15, 0.2) is 288 Å². The first-order valence-electron chi connectivity index (χ1n) is 29.1. The summed E-state index contributed by atoms with van der Waals surface area (Å²) in [6.45, 7) is 0. The van der Waals surface area contributed by atoms with Crippen LogP contribution in [0.4, 0.5) is 0 Å². The highest BCUT2D eigenvalue weighted by molar-refractivity contribution is 6.24. The van der Waals surface area contributed by atoms with Crippen molar-refractivity contribution < 1.29 is 8.83 Å². The average Bonchev–Trinajstić information content (AvgIpc) is 1.15. The maximum Gasteiger partial charge on any atom is 0.136 e. The van der Waals surface area contributed by atoms with Gasteiger partial charge in [-0.3, -0.25) is 9.97 Å². The monoisotopic (exact) mass is 1090 g/mol. The number of aromatic nitrogens is 4. The van der Waals surface area contributed by atoms with Crippen LogP contribution in [0, 0.1) is 0 Å². The van der Waals surface area contributed by atoms with Crippen LogP contribution in [0.25, 0.3) is 187 Å². The molecule has 6 aromatic heterocycles. The Morgan fingerprint density at radius 2 is 0.651 bits per heavy atom. The van der Waals surface area contributed by atoms with Gasteiger partial charge in [0.25, 0.3) is 0 Å². The van der Waals surface area contributed by atoms with Crippen molar-refractivity contribution in [1.29, 1.82) is 0 Å². The van der Waals surface area contributed by atoms with Gasteiger partial charge >= 0.3 is 0 Å². The quantitative estimate of drug-likeness (QED) is 0.148. The summed E-state index contributed by atoms with van der Waals surface area (Å²) in [6, 6.07) is 94.7. The van der Waals surface area contributed by atoms with Crippen molar-refractivity contribution >= 4 is 109 Å². The minimum atomic E-state index is 0.827. The molecular weight excluding hydrogens is 1050 g/mol. The van der Waals surface area contributed by atoms with Gasteiger partial charge in [0.15, 0.2) is 0 Å². The first kappa shape index (κ1) is 48.0. The zero-order chi connectivity index (χ0) is 56.4. The summed E-state index contributed by atoms with van der Waals surface area (Å²) in [5.41, 5.74) is 17.5. The number of furan rings is 2. The molecule has 0 bridgehead atoms. The molecule has 18 rings (SSSR count). The van der Waals surface area contributed by atoms with E-state index >= 15 is 0 Å². The summed E-state index contributed by atoms with van der Waals surface area (Å²) < 4.78 is 13.2. The number of hydrogen-bond acceptors (Lipinski definition) is 6. The van der Waals surface area contributed by atoms with Crippen LogP contribution in [0.2, 0.25) is 0 Å². The molecule has 12 aromatic carbocycles. The highest BCUT2D eigenvalue weighted by atomic mass is 16.3. The Morgan fingerprint density at radius 1 is 0.221 bits per heavy atom. The van der Waals surface area contributed by atoms with E-state index in [-0.39, 0.29) is 0 Å². The molecular formula is C80H46N4O2. The van der Waals surface area contributed by atoms with Crippen LogP contribution in [0.3, 0.4) is 0 Å². The average molecular weight is 1100 g/mol. The van der Waals surface area contributed by atoms with Gasteiger partial charge in [-0.25, -0.2) is 9.97 Å². The van der Waals surface area contributed by atoms with Gasteiger partial charge < -0.3 is 8.83 Å². The van der Waals surface area contributed by atoms with E-state index in [9.17, 15) is 0 Å². The molecule has 0 aliphatic carbocycles. The summed E-state index contributed by atoms with van der Waals surface area (Å²) in [6.07, 6.45) is 3.77. The molecule has 0 radical (unpaired) electrons. The first-order valence-corrected chi connectivity index (χ1v) is 29.1. The van der Waals surface area contributed by atoms with E-state index in [1.807, 2.05) is 36.7 Å². The van der Waals surface area contributed by atoms with Gasteiger partial charge in [-0.05, 0) is 184 Å². The smallest absolute Gasteiger partial charge is 0.136 e. The van der Waals surface area contributed by atoms with Gasteiger partial charge in [0.05, 0.1) is 34.2 Å². The number of benzene rings is 12. The lowest BCUT2D eigenvalue weighted by molar-refractivity contribution is 0.669. The molecule has 0 fully saturated rings. The fourth-order valence-electron chi connectivity index (χ4n) is 13.6. The Hall–Kier alpha value is -11.6. The van der Waals surface area contributed by atoms with Gasteiger partial charge in [-0.2, -0.15) is 0 Å². The number of nitrogens with zero attached hydrogens (tertiary/aromatic N) is 4. The molecule has 0 amide bonds. The second kappa shape index (κ2) is 19.0. The minimum absolute atomic E-state index is 0.827. The van der Waals surface area contributed by atoms with E-state index in [4.69, 9.17) is 23.8 Å². The Bertz CT molecular complexity index is 5730. The van der Waals surface area contributed by atoms with Gasteiger partial charge in [0.1, 0.15) is 22.3 Å². The van der Waals surface area contributed by atoms with E-state index in [1.165, 1.54) is 32.7 Å². The SMILES string of the molecule is c1ccc(-c2cccc(-c3c4ccccc4c(-c4ccc5oc6cc7c(-c8ccc(-c9cccc(-c%10c%11ccccc%11c(-c%11ccc%12oc%13cc%14ccccc%14cc%13c%12c%11)c%11ccccc%10%11)n9)cn8)cccc7cc6c5c4)c4ccccc34)n2)nc1. The zero-order valence-electron chi connectivity index (χ0n) is 46.2. The van der Waals surface area contributed by atoms with Crippen molar-refractivity contribution in [3.05, 3.63) is 279 Å². The Morgan fingerprint density at radius 3 is 1.20 bits per heavy atom. The molecule has 0 spiro atoms. The third-order valence-corrected chi connectivity index (χ3v) is 17.5. The first-order chi connectivity index (χ1) is 42.6. The molecule has 0 aliphatic rings. The van der Waals surface area contributed by atoms with Crippen molar-refractivity contribution in [3.63, 3.8) is 0 Å². The molecule has 6 heterocycles. The third kappa shape index (κ3) is 7.53. The van der Waals surface area contributed by atoms with E-state index in [0.29, 0.717) is 0 Å². The molecule has 0 N–H and O–H groups in total. The molecule has 18 aromatic rings. The maximum absolute atomic E-state index is 6.74. The lowest BCUT2D eigenvalue weighted by atomic mass is 9.87. The summed E-state index contributed by atoms with van der Waals surface area (Å²) >= 11 is 0. The molecule has 6 heteroatoms. The molecule has 0 aliphatic heterocycles. The maximum atomic E-state index is 6.74. The molecule has 86 heavy (non-hydrogen) atoms. The number of hydrogen-bond donors (Lipinski definition) is 0. The highest BCUT2D eigenvalue weighted by Crippen LogP contribution is 2.48. The topological polar surface area (TPSA) is 77.8 Å². The molecule has 6 nitrogen and oxygen atoms in total. The lowest BCUT2D eigenvalue weighted by Crippen LogP contribution is -1.94. The number of pyridine rings is 4. The highest BCUT2D eigenvalue weighted by Gasteiger charge is 2.22. The Labute approximate surface area is 492 Å². The van der Waals surface area contributed by atoms with E-state index in [2.05, 4.69) is 248 Å². The lowest BCUT2D eigenvalue weighted by Gasteiger charge is -2.17. The molecule has 0 atom stereocenters. The summed E-state index contributed by atoms with van der Waals surface area (Å²) in [5, 5.41) is 18.1. The van der Waals surface area contributed by atoms with E-state index < -0.39 is 0 Å². The van der Waals surface area contributed by atoms with Crippen LogP contribution in [0.1, 0.15) is 0 Å². The zero-order valence-corrected chi connectivity index (χ0v) is 46.2. The molecule has 0 saturated carbocycles. The van der Waals surface area contributed by atoms with Crippen LogP contribution < -0.4 is 0 Å². The minimum Gasteiger partial charge on any atom is -0.456 e. The van der Waals surface area contributed by atoms with Gasteiger partial charge in [-0.1, -0.05) is 170 Å². The second-order valence-corrected chi connectivity index (χ2v) is 22.3. The number of fused-ring (bicyclic) bond motifs is 12. The van der Waals surface area contributed by atoms with Gasteiger partial charge in [0, 0.05) is 56.2 Å².